The van der Waals surface area contributed by atoms with Crippen LogP contribution >= 0.6 is 23.2 Å². The second-order valence-electron chi connectivity index (χ2n) is 2.92. The summed E-state index contributed by atoms with van der Waals surface area (Å²) in [6.07, 6.45) is 1.54. The smallest absolute Gasteiger partial charge is 0.387 e. The fraction of sp³-hybridized carbons (Fsp3) is 0.400. The van der Waals surface area contributed by atoms with Crippen molar-refractivity contribution in [1.82, 2.24) is 0 Å². The highest BCUT2D eigenvalue weighted by molar-refractivity contribution is 6.31. The zero-order valence-electron chi connectivity index (χ0n) is 7.85. The van der Waals surface area contributed by atoms with Crippen LogP contribution in [0.1, 0.15) is 12.0 Å². The lowest BCUT2D eigenvalue weighted by molar-refractivity contribution is -0.0498. The van der Waals surface area contributed by atoms with Crippen LogP contribution in [0.25, 0.3) is 0 Å². The number of hydrogen-bond donors (Lipinski definition) is 0. The lowest BCUT2D eigenvalue weighted by atomic mass is 10.1. The first-order valence-corrected chi connectivity index (χ1v) is 5.34. The van der Waals surface area contributed by atoms with Gasteiger partial charge in [-0.15, -0.1) is 11.6 Å². The summed E-state index contributed by atoms with van der Waals surface area (Å²) in [5.41, 5.74) is 0.888. The molecule has 0 aliphatic rings. The van der Waals surface area contributed by atoms with Crippen molar-refractivity contribution in [3.05, 3.63) is 28.8 Å². The van der Waals surface area contributed by atoms with Gasteiger partial charge in [0.2, 0.25) is 0 Å². The Morgan fingerprint density at radius 2 is 2.07 bits per heavy atom. The summed E-state index contributed by atoms with van der Waals surface area (Å²) in [4.78, 5) is 0. The number of hydrogen-bond acceptors (Lipinski definition) is 1. The first-order chi connectivity index (χ1) is 7.13. The molecule has 0 aromatic heterocycles. The molecule has 1 aromatic carbocycles. The van der Waals surface area contributed by atoms with Gasteiger partial charge < -0.3 is 4.74 Å². The fourth-order valence-corrected chi connectivity index (χ4v) is 1.56. The van der Waals surface area contributed by atoms with E-state index in [9.17, 15) is 8.78 Å². The van der Waals surface area contributed by atoms with Crippen LogP contribution in [-0.4, -0.2) is 12.5 Å². The molecule has 0 aliphatic heterocycles. The van der Waals surface area contributed by atoms with Gasteiger partial charge in [-0.2, -0.15) is 8.78 Å². The molecule has 84 valence electrons. The van der Waals surface area contributed by atoms with E-state index < -0.39 is 6.61 Å². The van der Waals surface area contributed by atoms with Gasteiger partial charge in [-0.3, -0.25) is 0 Å². The molecule has 0 fully saturated rings. The van der Waals surface area contributed by atoms with Crippen molar-refractivity contribution >= 4 is 23.2 Å². The van der Waals surface area contributed by atoms with E-state index in [0.29, 0.717) is 10.9 Å². The molecule has 0 aliphatic carbocycles. The highest BCUT2D eigenvalue weighted by Crippen LogP contribution is 2.24. The molecule has 0 N–H and O–H groups in total. The summed E-state index contributed by atoms with van der Waals surface area (Å²) in [7, 11) is 0. The van der Waals surface area contributed by atoms with Crippen molar-refractivity contribution in [3.63, 3.8) is 0 Å². The van der Waals surface area contributed by atoms with Crippen LogP contribution in [-0.2, 0) is 6.42 Å². The van der Waals surface area contributed by atoms with Crippen LogP contribution in [0.5, 0.6) is 5.75 Å². The molecule has 0 amide bonds. The van der Waals surface area contributed by atoms with Gasteiger partial charge in [0.1, 0.15) is 5.75 Å². The van der Waals surface area contributed by atoms with Crippen LogP contribution in [0, 0.1) is 0 Å². The Kier molecular flexibility index (Phi) is 5.12. The Morgan fingerprint density at radius 1 is 1.33 bits per heavy atom. The first-order valence-electron chi connectivity index (χ1n) is 4.42. The van der Waals surface area contributed by atoms with Crippen molar-refractivity contribution in [3.8, 4) is 5.75 Å². The van der Waals surface area contributed by atoms with E-state index in [1.54, 1.807) is 6.07 Å². The van der Waals surface area contributed by atoms with Gasteiger partial charge in [-0.25, -0.2) is 0 Å². The Bertz CT molecular complexity index is 318. The third-order valence-corrected chi connectivity index (χ3v) is 2.45. The van der Waals surface area contributed by atoms with E-state index in [1.807, 2.05) is 0 Å². The third-order valence-electron chi connectivity index (χ3n) is 1.83. The van der Waals surface area contributed by atoms with Crippen molar-refractivity contribution in [2.45, 2.75) is 19.5 Å². The highest BCUT2D eigenvalue weighted by Gasteiger charge is 2.06. The quantitative estimate of drug-likeness (QED) is 0.719. The summed E-state index contributed by atoms with van der Waals surface area (Å²) >= 11 is 11.4. The Hall–Kier alpha value is -0.540. The molecule has 1 nitrogen and oxygen atoms in total. The van der Waals surface area contributed by atoms with E-state index in [1.165, 1.54) is 12.1 Å². The Balaban J connectivity index is 2.69. The standard InChI is InChI=1S/C10H10Cl2F2O/c11-5-1-2-7-3-4-8(6-9(7)12)15-10(13)14/h3-4,6,10H,1-2,5H2. The summed E-state index contributed by atoms with van der Waals surface area (Å²) in [5, 5.41) is 0.429. The molecule has 0 spiro atoms. The minimum Gasteiger partial charge on any atom is -0.435 e. The molecule has 0 bridgehead atoms. The van der Waals surface area contributed by atoms with Crippen molar-refractivity contribution in [2.75, 3.05) is 5.88 Å². The minimum atomic E-state index is -2.82. The van der Waals surface area contributed by atoms with Crippen molar-refractivity contribution < 1.29 is 13.5 Å². The Morgan fingerprint density at radius 3 is 2.60 bits per heavy atom. The van der Waals surface area contributed by atoms with Crippen LogP contribution in [0.2, 0.25) is 5.02 Å². The van der Waals surface area contributed by atoms with Gasteiger partial charge in [0.05, 0.1) is 0 Å². The number of rotatable bonds is 5. The lowest BCUT2D eigenvalue weighted by Crippen LogP contribution is -2.02. The maximum Gasteiger partial charge on any atom is 0.387 e. The van der Waals surface area contributed by atoms with Crippen LogP contribution in [0.4, 0.5) is 8.78 Å². The van der Waals surface area contributed by atoms with Crippen molar-refractivity contribution in [2.24, 2.45) is 0 Å². The number of alkyl halides is 3. The third kappa shape index (κ3) is 4.22. The molecule has 0 saturated carbocycles. The number of benzene rings is 1. The van der Waals surface area contributed by atoms with Crippen LogP contribution in [0.15, 0.2) is 18.2 Å². The molecular formula is C10H10Cl2F2O. The normalized spacial score (nSPS) is 10.7. The molecule has 5 heteroatoms. The molecular weight excluding hydrogens is 245 g/mol. The highest BCUT2D eigenvalue weighted by atomic mass is 35.5. The molecule has 15 heavy (non-hydrogen) atoms. The number of ether oxygens (including phenoxy) is 1. The van der Waals surface area contributed by atoms with Crippen LogP contribution in [0.3, 0.4) is 0 Å². The average Bonchev–Trinajstić information content (AvgIpc) is 2.15. The minimum absolute atomic E-state index is 0.0737. The van der Waals surface area contributed by atoms with E-state index in [2.05, 4.69) is 4.74 Å². The largest absolute Gasteiger partial charge is 0.435 e. The topological polar surface area (TPSA) is 9.23 Å². The summed E-state index contributed by atoms with van der Waals surface area (Å²) in [6, 6.07) is 4.53. The SMILES string of the molecule is FC(F)Oc1ccc(CCCCl)c(Cl)c1. The number of halogens is 4. The zero-order valence-corrected chi connectivity index (χ0v) is 9.36. The van der Waals surface area contributed by atoms with Crippen LogP contribution < -0.4 is 4.74 Å². The van der Waals surface area contributed by atoms with Gasteiger partial charge in [-0.1, -0.05) is 17.7 Å². The maximum atomic E-state index is 11.9. The second kappa shape index (κ2) is 6.13. The molecule has 0 heterocycles. The summed E-state index contributed by atoms with van der Waals surface area (Å²) in [5.74, 6) is 0.621. The molecule has 0 radical (unpaired) electrons. The van der Waals surface area contributed by atoms with E-state index in [-0.39, 0.29) is 5.75 Å². The predicted molar refractivity (Wildman–Crippen MR) is 57.1 cm³/mol. The molecule has 1 rings (SSSR count). The van der Waals surface area contributed by atoms with E-state index in [4.69, 9.17) is 23.2 Å². The van der Waals surface area contributed by atoms with Gasteiger partial charge in [-0.05, 0) is 30.5 Å². The molecule has 1 aromatic rings. The fourth-order valence-electron chi connectivity index (χ4n) is 1.16. The maximum absolute atomic E-state index is 11.9. The van der Waals surface area contributed by atoms with E-state index >= 15 is 0 Å². The first kappa shape index (κ1) is 12.5. The van der Waals surface area contributed by atoms with Gasteiger partial charge >= 0.3 is 6.61 Å². The second-order valence-corrected chi connectivity index (χ2v) is 3.71. The predicted octanol–water partition coefficient (Wildman–Crippen LogP) is 4.11. The van der Waals surface area contributed by atoms with Crippen molar-refractivity contribution in [1.29, 1.82) is 0 Å². The monoisotopic (exact) mass is 254 g/mol. The van der Waals surface area contributed by atoms with Gasteiger partial charge in [0.15, 0.2) is 0 Å². The van der Waals surface area contributed by atoms with Gasteiger partial charge in [0.25, 0.3) is 0 Å². The molecule has 0 unspecified atom stereocenters. The van der Waals surface area contributed by atoms with Gasteiger partial charge in [0, 0.05) is 10.9 Å². The lowest BCUT2D eigenvalue weighted by Gasteiger charge is -2.07. The zero-order chi connectivity index (χ0) is 11.3. The Labute approximate surface area is 96.9 Å². The number of aryl methyl sites for hydroxylation is 1. The molecule has 0 atom stereocenters. The average molecular weight is 255 g/mol. The van der Waals surface area contributed by atoms with E-state index in [0.717, 1.165) is 18.4 Å². The summed E-state index contributed by atoms with van der Waals surface area (Å²) < 4.78 is 28.0. The molecule has 0 saturated heterocycles. The summed E-state index contributed by atoms with van der Waals surface area (Å²) in [6.45, 7) is -2.82.